The second-order valence-electron chi connectivity index (χ2n) is 9.02. The van der Waals surface area contributed by atoms with E-state index in [0.29, 0.717) is 5.92 Å². The van der Waals surface area contributed by atoms with Crippen molar-refractivity contribution in [3.63, 3.8) is 0 Å². The van der Waals surface area contributed by atoms with Crippen molar-refractivity contribution in [2.75, 3.05) is 13.2 Å². The van der Waals surface area contributed by atoms with Gasteiger partial charge in [0.15, 0.2) is 0 Å². The van der Waals surface area contributed by atoms with Gasteiger partial charge < -0.3 is 14.6 Å². The number of amides is 1. The number of aryl methyl sites for hydroxylation is 2. The first-order chi connectivity index (χ1) is 16.6. The van der Waals surface area contributed by atoms with Crippen LogP contribution >= 0.6 is 0 Å². The zero-order valence-corrected chi connectivity index (χ0v) is 20.9. The fourth-order valence-electron chi connectivity index (χ4n) is 4.22. The van der Waals surface area contributed by atoms with Gasteiger partial charge in [-0.05, 0) is 68.4 Å². The third-order valence-corrected chi connectivity index (χ3v) is 6.00. The van der Waals surface area contributed by atoms with Gasteiger partial charge in [0.1, 0.15) is 11.6 Å². The first-order valence-electron chi connectivity index (χ1n) is 12.7. The van der Waals surface area contributed by atoms with Crippen LogP contribution in [0.3, 0.4) is 0 Å². The summed E-state index contributed by atoms with van der Waals surface area (Å²) in [5.41, 5.74) is 3.55. The maximum atomic E-state index is 11.5. The molecule has 0 spiro atoms. The van der Waals surface area contributed by atoms with E-state index in [0.717, 1.165) is 75.3 Å². The molecule has 0 fully saturated rings. The summed E-state index contributed by atoms with van der Waals surface area (Å²) in [6.45, 7) is 8.65. The number of benzene rings is 2. The number of hydrogen-bond donors (Lipinski definition) is 1. The fourth-order valence-corrected chi connectivity index (χ4v) is 4.22. The Hall–Kier alpha value is -3.08. The highest BCUT2D eigenvalue weighted by Crippen LogP contribution is 2.26. The molecule has 1 heterocycles. The number of nitrogens with zero attached hydrogens (tertiary/aromatic N) is 2. The normalized spacial score (nSPS) is 11.5. The summed E-state index contributed by atoms with van der Waals surface area (Å²) in [4.78, 5) is 16.4. The predicted molar refractivity (Wildman–Crippen MR) is 140 cm³/mol. The van der Waals surface area contributed by atoms with Crippen LogP contribution in [0, 0.1) is 0 Å². The minimum Gasteiger partial charge on any atom is -0.493 e. The van der Waals surface area contributed by atoms with Crippen LogP contribution in [0.1, 0.15) is 70.2 Å². The maximum absolute atomic E-state index is 11.5. The van der Waals surface area contributed by atoms with E-state index in [1.54, 1.807) is 12.2 Å². The second-order valence-corrected chi connectivity index (χ2v) is 9.02. The van der Waals surface area contributed by atoms with E-state index in [2.05, 4.69) is 66.2 Å². The van der Waals surface area contributed by atoms with Crippen molar-refractivity contribution in [1.82, 2.24) is 14.9 Å². The third-order valence-electron chi connectivity index (χ3n) is 6.00. The fraction of sp³-hybridized carbons (Fsp3) is 0.448. The molecule has 0 saturated carbocycles. The molecule has 1 aromatic heterocycles. The van der Waals surface area contributed by atoms with Gasteiger partial charge in [-0.2, -0.15) is 0 Å². The molecule has 0 aliphatic heterocycles. The maximum Gasteiger partial charge on any atom is 0.243 e. The molecule has 34 heavy (non-hydrogen) atoms. The van der Waals surface area contributed by atoms with Crippen molar-refractivity contribution in [2.24, 2.45) is 0 Å². The topological polar surface area (TPSA) is 56.2 Å². The zero-order chi connectivity index (χ0) is 24.2. The van der Waals surface area contributed by atoms with Gasteiger partial charge in [0.25, 0.3) is 0 Å². The average molecular weight is 462 g/mol. The number of allylic oxidation sites excluding steroid dienone is 1. The van der Waals surface area contributed by atoms with Crippen molar-refractivity contribution in [3.8, 4) is 5.75 Å². The monoisotopic (exact) mass is 461 g/mol. The Morgan fingerprint density at radius 3 is 2.65 bits per heavy atom. The van der Waals surface area contributed by atoms with Gasteiger partial charge in [0, 0.05) is 19.5 Å². The highest BCUT2D eigenvalue weighted by molar-refractivity contribution is 5.87. The molecule has 2 aromatic carbocycles. The van der Waals surface area contributed by atoms with Crippen LogP contribution in [0.2, 0.25) is 0 Å². The molecule has 0 bridgehead atoms. The molecule has 0 aliphatic rings. The van der Waals surface area contributed by atoms with Crippen molar-refractivity contribution in [2.45, 2.75) is 71.8 Å². The lowest BCUT2D eigenvalue weighted by atomic mass is 10.0. The van der Waals surface area contributed by atoms with Gasteiger partial charge in [-0.3, -0.25) is 4.79 Å². The summed E-state index contributed by atoms with van der Waals surface area (Å²) in [7, 11) is 0. The van der Waals surface area contributed by atoms with Gasteiger partial charge in [-0.15, -0.1) is 0 Å². The quantitative estimate of drug-likeness (QED) is 0.222. The van der Waals surface area contributed by atoms with Gasteiger partial charge in [0.2, 0.25) is 5.91 Å². The Kier molecular flexibility index (Phi) is 10.2. The Morgan fingerprint density at radius 2 is 1.82 bits per heavy atom. The molecule has 0 radical (unpaired) electrons. The Balaban J connectivity index is 1.48. The van der Waals surface area contributed by atoms with Gasteiger partial charge >= 0.3 is 0 Å². The highest BCUT2D eigenvalue weighted by atomic mass is 16.5. The number of hydrogen-bond acceptors (Lipinski definition) is 3. The standard InChI is InChI=1S/C29H39N3O2/c1-4-14-29(33)30-20-11-5-6-19-28-31-25-16-8-9-17-26(25)32(28)21-12-13-22-34-27-18-10-7-15-24(27)23(2)3/h4,7-10,14-18,23H,5-6,11-13,19-22H2,1-3H3,(H,30,33)/b14-4+. The number of imidazole rings is 1. The summed E-state index contributed by atoms with van der Waals surface area (Å²) in [6.07, 6.45) is 9.46. The van der Waals surface area contributed by atoms with E-state index < -0.39 is 0 Å². The summed E-state index contributed by atoms with van der Waals surface area (Å²) in [6, 6.07) is 16.7. The number of unbranched alkanes of at least 4 members (excludes halogenated alkanes) is 3. The zero-order valence-electron chi connectivity index (χ0n) is 20.9. The van der Waals surface area contributed by atoms with Crippen LogP contribution in [0.15, 0.2) is 60.7 Å². The van der Waals surface area contributed by atoms with Crippen molar-refractivity contribution < 1.29 is 9.53 Å². The lowest BCUT2D eigenvalue weighted by molar-refractivity contribution is -0.116. The molecule has 0 saturated heterocycles. The van der Waals surface area contributed by atoms with E-state index in [9.17, 15) is 4.79 Å². The molecular formula is C29H39N3O2. The number of ether oxygens (including phenoxy) is 1. The van der Waals surface area contributed by atoms with E-state index in [1.165, 1.54) is 11.1 Å². The second kappa shape index (κ2) is 13.6. The summed E-state index contributed by atoms with van der Waals surface area (Å²) in [5, 5.41) is 2.92. The van der Waals surface area contributed by atoms with Crippen molar-refractivity contribution >= 4 is 16.9 Å². The average Bonchev–Trinajstić information content (AvgIpc) is 3.18. The van der Waals surface area contributed by atoms with E-state index in [-0.39, 0.29) is 5.91 Å². The first kappa shape index (κ1) is 25.5. The Morgan fingerprint density at radius 1 is 1.03 bits per heavy atom. The number of para-hydroxylation sites is 3. The number of nitrogens with one attached hydrogen (secondary N) is 1. The minimum atomic E-state index is -0.0130. The van der Waals surface area contributed by atoms with Gasteiger partial charge in [0.05, 0.1) is 17.6 Å². The van der Waals surface area contributed by atoms with Crippen LogP contribution in [0.5, 0.6) is 5.75 Å². The molecule has 1 amide bonds. The number of rotatable bonds is 14. The largest absolute Gasteiger partial charge is 0.493 e. The van der Waals surface area contributed by atoms with Gasteiger partial charge in [-0.1, -0.05) is 56.7 Å². The van der Waals surface area contributed by atoms with Gasteiger partial charge in [-0.25, -0.2) is 4.98 Å². The molecule has 5 nitrogen and oxygen atoms in total. The Bertz CT molecular complexity index is 1070. The lowest BCUT2D eigenvalue weighted by Gasteiger charge is -2.14. The first-order valence-corrected chi connectivity index (χ1v) is 12.7. The molecule has 5 heteroatoms. The molecular weight excluding hydrogens is 422 g/mol. The lowest BCUT2D eigenvalue weighted by Crippen LogP contribution is -2.21. The third kappa shape index (κ3) is 7.47. The number of carbonyl (C=O) groups excluding carboxylic acids is 1. The number of carbonyl (C=O) groups is 1. The Labute approximate surface area is 204 Å². The number of aromatic nitrogens is 2. The van der Waals surface area contributed by atoms with E-state index in [4.69, 9.17) is 9.72 Å². The summed E-state index contributed by atoms with van der Waals surface area (Å²) < 4.78 is 8.49. The van der Waals surface area contributed by atoms with Crippen LogP contribution in [-0.2, 0) is 17.8 Å². The molecule has 0 aliphatic carbocycles. The summed E-state index contributed by atoms with van der Waals surface area (Å²) in [5.74, 6) is 2.61. The van der Waals surface area contributed by atoms with Crippen molar-refractivity contribution in [3.05, 3.63) is 72.1 Å². The molecule has 3 rings (SSSR count). The van der Waals surface area contributed by atoms with Crippen molar-refractivity contribution in [1.29, 1.82) is 0 Å². The number of fused-ring (bicyclic) bond motifs is 1. The van der Waals surface area contributed by atoms with Crippen LogP contribution in [-0.4, -0.2) is 28.6 Å². The summed E-state index contributed by atoms with van der Waals surface area (Å²) >= 11 is 0. The SMILES string of the molecule is C/C=C/C(=O)NCCCCCc1nc2ccccc2n1CCCCOc1ccccc1C(C)C. The predicted octanol–water partition coefficient (Wildman–Crippen LogP) is 6.42. The molecule has 3 aromatic rings. The van der Waals surface area contributed by atoms with Crippen LogP contribution in [0.25, 0.3) is 11.0 Å². The molecule has 0 atom stereocenters. The van der Waals surface area contributed by atoms with Crippen LogP contribution < -0.4 is 10.1 Å². The molecule has 182 valence electrons. The van der Waals surface area contributed by atoms with E-state index >= 15 is 0 Å². The van der Waals surface area contributed by atoms with E-state index in [1.807, 2.05) is 13.0 Å². The molecule has 1 N–H and O–H groups in total. The smallest absolute Gasteiger partial charge is 0.243 e. The highest BCUT2D eigenvalue weighted by Gasteiger charge is 2.11. The minimum absolute atomic E-state index is 0.0130. The molecule has 0 unspecified atom stereocenters. The van der Waals surface area contributed by atoms with Crippen LogP contribution in [0.4, 0.5) is 0 Å².